The van der Waals surface area contributed by atoms with Crippen molar-refractivity contribution < 1.29 is 4.79 Å². The van der Waals surface area contributed by atoms with Crippen LogP contribution in [0.15, 0.2) is 36.8 Å². The van der Waals surface area contributed by atoms with Crippen molar-refractivity contribution in [1.29, 1.82) is 0 Å². The Balaban J connectivity index is 1.32. The smallest absolute Gasteiger partial charge is 0.239 e. The van der Waals surface area contributed by atoms with Crippen LogP contribution < -0.4 is 5.32 Å². The second-order valence-electron chi connectivity index (χ2n) is 10.2. The number of rotatable bonds is 4. The normalized spacial score (nSPS) is 19.3. The summed E-state index contributed by atoms with van der Waals surface area (Å²) in [6.45, 7) is 9.28. The Kier molecular flexibility index (Phi) is 5.17. The van der Waals surface area contributed by atoms with E-state index in [1.807, 2.05) is 4.52 Å². The van der Waals surface area contributed by atoms with Gasteiger partial charge >= 0.3 is 0 Å². The summed E-state index contributed by atoms with van der Waals surface area (Å²) >= 11 is 0. The van der Waals surface area contributed by atoms with Gasteiger partial charge in [0, 0.05) is 35.8 Å². The molecule has 0 spiro atoms. The second kappa shape index (κ2) is 8.24. The summed E-state index contributed by atoms with van der Waals surface area (Å²) < 4.78 is 1.86. The van der Waals surface area contributed by atoms with Gasteiger partial charge in [-0.1, -0.05) is 19.9 Å². The zero-order valence-corrected chi connectivity index (χ0v) is 20.1. The average molecular weight is 457 g/mol. The van der Waals surface area contributed by atoms with E-state index in [0.29, 0.717) is 11.8 Å². The van der Waals surface area contributed by atoms with Crippen LogP contribution in [0.2, 0.25) is 0 Å². The number of nitrogens with one attached hydrogen (secondary N) is 2. The zero-order chi connectivity index (χ0) is 23.4. The van der Waals surface area contributed by atoms with Crippen LogP contribution in [0.3, 0.4) is 0 Å². The maximum absolute atomic E-state index is 12.6. The molecule has 1 unspecified atom stereocenters. The molecule has 2 saturated heterocycles. The van der Waals surface area contributed by atoms with E-state index in [9.17, 15) is 4.79 Å². The summed E-state index contributed by atoms with van der Waals surface area (Å²) in [5.74, 6) is 1.16. The van der Waals surface area contributed by atoms with Gasteiger partial charge < -0.3 is 15.2 Å². The molecule has 1 aromatic carbocycles. The molecule has 0 aliphatic carbocycles. The van der Waals surface area contributed by atoms with Gasteiger partial charge in [0.05, 0.1) is 11.7 Å². The molecule has 34 heavy (non-hydrogen) atoms. The number of aromatic amines is 1. The van der Waals surface area contributed by atoms with Crippen molar-refractivity contribution in [2.24, 2.45) is 0 Å². The molecule has 0 radical (unpaired) electrons. The van der Waals surface area contributed by atoms with Crippen molar-refractivity contribution >= 4 is 22.5 Å². The SMILES string of the molecule is Cc1cc(-c2[nH]c3ccc(C4CCN(C(=O)C5CCN5)CC4)cc3c2C(C)C)cn2ncnc12. The number of amides is 1. The van der Waals surface area contributed by atoms with Crippen LogP contribution in [0, 0.1) is 6.92 Å². The lowest BCUT2D eigenvalue weighted by atomic mass is 9.87. The highest BCUT2D eigenvalue weighted by molar-refractivity contribution is 5.92. The number of nitrogens with zero attached hydrogens (tertiary/aromatic N) is 4. The van der Waals surface area contributed by atoms with Crippen molar-refractivity contribution in [2.45, 2.75) is 57.9 Å². The quantitative estimate of drug-likeness (QED) is 0.478. The number of hydrogen-bond donors (Lipinski definition) is 2. The number of fused-ring (bicyclic) bond motifs is 2. The Labute approximate surface area is 199 Å². The van der Waals surface area contributed by atoms with E-state index < -0.39 is 0 Å². The van der Waals surface area contributed by atoms with Crippen molar-refractivity contribution in [3.63, 3.8) is 0 Å². The first-order valence-corrected chi connectivity index (χ1v) is 12.5. The summed E-state index contributed by atoms with van der Waals surface area (Å²) in [4.78, 5) is 22.7. The number of piperidine rings is 1. The summed E-state index contributed by atoms with van der Waals surface area (Å²) in [7, 11) is 0. The molecule has 176 valence electrons. The van der Waals surface area contributed by atoms with Crippen molar-refractivity contribution in [3.8, 4) is 11.3 Å². The highest BCUT2D eigenvalue weighted by Crippen LogP contribution is 2.38. The van der Waals surface area contributed by atoms with E-state index in [1.165, 1.54) is 22.0 Å². The first kappa shape index (κ1) is 21.4. The summed E-state index contributed by atoms with van der Waals surface area (Å²) in [5.41, 5.74) is 8.21. The summed E-state index contributed by atoms with van der Waals surface area (Å²) in [6, 6.07) is 9.15. The molecule has 1 amide bonds. The number of H-pyrrole nitrogens is 1. The Morgan fingerprint density at radius 3 is 2.65 bits per heavy atom. The molecule has 4 aromatic rings. The Morgan fingerprint density at radius 2 is 1.94 bits per heavy atom. The minimum Gasteiger partial charge on any atom is -0.354 e. The largest absolute Gasteiger partial charge is 0.354 e. The number of hydrogen-bond acceptors (Lipinski definition) is 4. The van der Waals surface area contributed by atoms with Gasteiger partial charge in [-0.15, -0.1) is 0 Å². The lowest BCUT2D eigenvalue weighted by Gasteiger charge is -2.37. The zero-order valence-electron chi connectivity index (χ0n) is 20.1. The standard InChI is InChI=1S/C27H32N6O/c1-16(2)24-21-13-19(18-7-10-32(11-8-18)27(34)23-6-9-28-23)4-5-22(21)31-25(24)20-12-17(3)26-29-15-30-33(26)14-20/h4-5,12-16,18,23,28,31H,6-11H2,1-3H3. The third-order valence-corrected chi connectivity index (χ3v) is 7.69. The van der Waals surface area contributed by atoms with Gasteiger partial charge in [-0.05, 0) is 79.5 Å². The minimum absolute atomic E-state index is 0.0557. The molecule has 2 N–H and O–H groups in total. The topological polar surface area (TPSA) is 78.3 Å². The highest BCUT2D eigenvalue weighted by Gasteiger charge is 2.32. The van der Waals surface area contributed by atoms with Gasteiger partial charge in [0.2, 0.25) is 5.91 Å². The number of carbonyl (C=O) groups excluding carboxylic acids is 1. The van der Waals surface area contributed by atoms with Gasteiger partial charge in [-0.25, -0.2) is 9.50 Å². The molecule has 0 bridgehead atoms. The predicted molar refractivity (Wildman–Crippen MR) is 134 cm³/mol. The predicted octanol–water partition coefficient (Wildman–Crippen LogP) is 4.38. The van der Waals surface area contributed by atoms with Gasteiger partial charge in [0.25, 0.3) is 0 Å². The fourth-order valence-electron chi connectivity index (χ4n) is 5.70. The number of aromatic nitrogens is 4. The monoisotopic (exact) mass is 456 g/mol. The van der Waals surface area contributed by atoms with Gasteiger partial charge in [0.15, 0.2) is 5.65 Å². The molecule has 7 nitrogen and oxygen atoms in total. The van der Waals surface area contributed by atoms with Gasteiger partial charge in [-0.2, -0.15) is 5.10 Å². The number of aryl methyl sites for hydroxylation is 1. The molecule has 5 heterocycles. The van der Waals surface area contributed by atoms with E-state index in [-0.39, 0.29) is 11.9 Å². The lowest BCUT2D eigenvalue weighted by molar-refractivity contribution is -0.136. The number of benzene rings is 1. The molecule has 1 atom stereocenters. The van der Waals surface area contributed by atoms with Crippen LogP contribution in [0.4, 0.5) is 0 Å². The van der Waals surface area contributed by atoms with Crippen molar-refractivity contribution in [3.05, 3.63) is 53.5 Å². The van der Waals surface area contributed by atoms with E-state index in [1.54, 1.807) is 6.33 Å². The van der Waals surface area contributed by atoms with E-state index >= 15 is 0 Å². The molecule has 2 aliphatic heterocycles. The first-order chi connectivity index (χ1) is 16.5. The Bertz CT molecular complexity index is 1370. The van der Waals surface area contributed by atoms with Crippen LogP contribution >= 0.6 is 0 Å². The van der Waals surface area contributed by atoms with Gasteiger partial charge in [0.1, 0.15) is 6.33 Å². The van der Waals surface area contributed by atoms with Gasteiger partial charge in [-0.3, -0.25) is 4.79 Å². The fraction of sp³-hybridized carbons (Fsp3) is 0.444. The van der Waals surface area contributed by atoms with E-state index in [0.717, 1.165) is 61.4 Å². The molecular weight excluding hydrogens is 424 g/mol. The molecule has 2 fully saturated rings. The maximum atomic E-state index is 12.6. The highest BCUT2D eigenvalue weighted by atomic mass is 16.2. The maximum Gasteiger partial charge on any atom is 0.239 e. The number of pyridine rings is 1. The molecule has 0 saturated carbocycles. The third kappa shape index (κ3) is 3.50. The van der Waals surface area contributed by atoms with E-state index in [4.69, 9.17) is 0 Å². The fourth-order valence-corrected chi connectivity index (χ4v) is 5.70. The van der Waals surface area contributed by atoms with Crippen molar-refractivity contribution in [2.75, 3.05) is 19.6 Å². The summed E-state index contributed by atoms with van der Waals surface area (Å²) in [6.07, 6.45) is 6.71. The number of carbonyl (C=O) groups is 1. The van der Waals surface area contributed by atoms with Crippen LogP contribution in [0.1, 0.15) is 61.6 Å². The molecule has 7 heteroatoms. The van der Waals surface area contributed by atoms with Crippen molar-refractivity contribution in [1.82, 2.24) is 29.8 Å². The van der Waals surface area contributed by atoms with Crippen LogP contribution in [-0.2, 0) is 4.79 Å². The van der Waals surface area contributed by atoms with E-state index in [2.05, 4.69) is 76.5 Å². The third-order valence-electron chi connectivity index (χ3n) is 7.69. The molecule has 2 aliphatic rings. The Morgan fingerprint density at radius 1 is 1.15 bits per heavy atom. The Hall–Kier alpha value is -3.19. The minimum atomic E-state index is 0.0557. The van der Waals surface area contributed by atoms with Crippen LogP contribution in [-0.4, -0.2) is 56.1 Å². The summed E-state index contributed by atoms with van der Waals surface area (Å²) in [5, 5.41) is 8.92. The van der Waals surface area contributed by atoms with Crippen LogP contribution in [0.5, 0.6) is 0 Å². The average Bonchev–Trinajstić information content (AvgIpc) is 3.42. The molecule has 6 rings (SSSR count). The second-order valence-corrected chi connectivity index (χ2v) is 10.2. The number of likely N-dealkylation sites (tertiary alicyclic amines) is 1. The lowest BCUT2D eigenvalue weighted by Crippen LogP contribution is -2.55. The first-order valence-electron chi connectivity index (χ1n) is 12.5. The van der Waals surface area contributed by atoms with Crippen LogP contribution in [0.25, 0.3) is 27.8 Å². The molecule has 3 aromatic heterocycles. The molecular formula is C27H32N6O.